The van der Waals surface area contributed by atoms with Crippen molar-refractivity contribution in [2.24, 2.45) is 11.3 Å². The highest BCUT2D eigenvalue weighted by Crippen LogP contribution is 2.40. The summed E-state index contributed by atoms with van der Waals surface area (Å²) in [5, 5.41) is 24.5. The molecule has 0 radical (unpaired) electrons. The molecule has 3 fully saturated rings. The molecule has 0 spiro atoms. The van der Waals surface area contributed by atoms with E-state index in [0.717, 1.165) is 41.8 Å². The van der Waals surface area contributed by atoms with E-state index in [4.69, 9.17) is 5.11 Å². The Hall–Kier alpha value is -3.54. The number of aromatic hydroxyl groups is 1. The third-order valence-corrected chi connectivity index (χ3v) is 9.80. The Labute approximate surface area is 267 Å². The molecule has 246 valence electrons. The highest BCUT2D eigenvalue weighted by molar-refractivity contribution is 7.13. The van der Waals surface area contributed by atoms with Gasteiger partial charge in [-0.15, -0.1) is 11.3 Å². The van der Waals surface area contributed by atoms with Gasteiger partial charge in [-0.3, -0.25) is 19.2 Å². The summed E-state index contributed by atoms with van der Waals surface area (Å²) in [5.74, 6) is -2.04. The highest BCUT2D eigenvalue weighted by atomic mass is 32.1. The van der Waals surface area contributed by atoms with Crippen molar-refractivity contribution in [2.45, 2.75) is 110 Å². The van der Waals surface area contributed by atoms with Crippen LogP contribution in [-0.4, -0.2) is 68.1 Å². The fourth-order valence-corrected chi connectivity index (χ4v) is 6.60. The number of alkyl halides is 1. The number of aryl methyl sites for hydroxylation is 1. The number of thiazole rings is 1. The van der Waals surface area contributed by atoms with Crippen LogP contribution in [0.15, 0.2) is 23.7 Å². The summed E-state index contributed by atoms with van der Waals surface area (Å²) in [4.78, 5) is 55.9. The van der Waals surface area contributed by atoms with Crippen LogP contribution >= 0.6 is 11.3 Å². The number of aliphatic carboxylic acids is 1. The Balaban J connectivity index is 0.000000440. The minimum atomic E-state index is -1.89. The second-order valence-corrected chi connectivity index (χ2v) is 14.3. The summed E-state index contributed by atoms with van der Waals surface area (Å²) >= 11 is 1.49. The normalized spacial score (nSPS) is 20.0. The Morgan fingerprint density at radius 2 is 1.80 bits per heavy atom. The smallest absolute Gasteiger partial charge is 0.306 e. The Kier molecular flexibility index (Phi) is 10.9. The fourth-order valence-electron chi connectivity index (χ4n) is 5.80. The SMILES string of the molecule is Cc1ncsc1-c1ccc(CNC(=O)C2CCCN2C(=O)C(NC(=O)C2(F)CC2)C(C)(C)C)c(O)c1.O=C(O)C1CCCCC1. The summed E-state index contributed by atoms with van der Waals surface area (Å²) in [6.07, 6.45) is 6.70. The summed E-state index contributed by atoms with van der Waals surface area (Å²) in [5.41, 5.74) is 1.50. The molecule has 45 heavy (non-hydrogen) atoms. The molecule has 10 nitrogen and oxygen atoms in total. The molecular formula is C33H45FN4O6S. The van der Waals surface area contributed by atoms with Gasteiger partial charge in [0.1, 0.15) is 17.8 Å². The predicted octanol–water partition coefficient (Wildman–Crippen LogP) is 5.12. The Morgan fingerprint density at radius 3 is 2.33 bits per heavy atom. The second kappa shape index (κ2) is 14.3. The van der Waals surface area contributed by atoms with Crippen LogP contribution in [0.2, 0.25) is 0 Å². The first-order valence-electron chi connectivity index (χ1n) is 15.7. The van der Waals surface area contributed by atoms with Crippen molar-refractivity contribution in [3.05, 3.63) is 35.0 Å². The van der Waals surface area contributed by atoms with Crippen LogP contribution in [0, 0.1) is 18.3 Å². The number of carboxylic acids is 1. The Bertz CT molecular complexity index is 1400. The lowest BCUT2D eigenvalue weighted by molar-refractivity contribution is -0.144. The zero-order valence-corrected chi connectivity index (χ0v) is 27.3. The average Bonchev–Trinajstić information content (AvgIpc) is 3.36. The monoisotopic (exact) mass is 644 g/mol. The first-order valence-corrected chi connectivity index (χ1v) is 16.6. The lowest BCUT2D eigenvalue weighted by Crippen LogP contribution is -2.58. The Morgan fingerprint density at radius 1 is 1.11 bits per heavy atom. The number of carboxylic acid groups (broad SMARTS) is 1. The van der Waals surface area contributed by atoms with Gasteiger partial charge >= 0.3 is 5.97 Å². The number of carbonyl (C=O) groups excluding carboxylic acids is 3. The fraction of sp³-hybridized carbons (Fsp3) is 0.606. The van der Waals surface area contributed by atoms with Crippen LogP contribution in [0.1, 0.15) is 89.8 Å². The summed E-state index contributed by atoms with van der Waals surface area (Å²) in [6, 6.07) is 3.65. The van der Waals surface area contributed by atoms with Crippen molar-refractivity contribution in [3.8, 4) is 16.2 Å². The molecule has 5 rings (SSSR count). The number of phenols is 1. The minimum Gasteiger partial charge on any atom is -0.508 e. The van der Waals surface area contributed by atoms with Gasteiger partial charge in [0.05, 0.1) is 22.0 Å². The number of benzene rings is 1. The topological polar surface area (TPSA) is 149 Å². The van der Waals surface area contributed by atoms with E-state index in [1.54, 1.807) is 38.4 Å². The van der Waals surface area contributed by atoms with E-state index in [0.29, 0.717) is 24.9 Å². The third-order valence-electron chi connectivity index (χ3n) is 8.82. The van der Waals surface area contributed by atoms with Gasteiger partial charge in [-0.05, 0) is 62.5 Å². The van der Waals surface area contributed by atoms with E-state index in [2.05, 4.69) is 15.6 Å². The number of nitrogens with zero attached hydrogens (tertiary/aromatic N) is 2. The maximum absolute atomic E-state index is 14.3. The molecular weight excluding hydrogens is 599 g/mol. The number of likely N-dealkylation sites (tertiary alicyclic amines) is 1. The van der Waals surface area contributed by atoms with Crippen molar-refractivity contribution in [1.29, 1.82) is 0 Å². The standard InChI is InChI=1S/C26H33FN4O4S.C7H12O2/c1-15-20(36-14-29-15)16-7-8-17(19(32)12-16)13-28-22(33)18-6-5-11-31(18)23(34)21(25(2,3)4)30-24(35)26(27)9-10-26;8-7(9)6-4-2-1-3-5-6/h7-8,12,14,18,21,32H,5-6,9-11,13H2,1-4H3,(H,28,33)(H,30,35);6H,1-5H2,(H,8,9). The zero-order chi connectivity index (χ0) is 32.9. The number of hydrogen-bond donors (Lipinski definition) is 4. The molecule has 2 atom stereocenters. The van der Waals surface area contributed by atoms with Crippen LogP contribution in [0.3, 0.4) is 0 Å². The predicted molar refractivity (Wildman–Crippen MR) is 169 cm³/mol. The van der Waals surface area contributed by atoms with Gasteiger partial charge in [-0.1, -0.05) is 52.2 Å². The molecule has 2 aliphatic carbocycles. The molecule has 1 aromatic heterocycles. The van der Waals surface area contributed by atoms with Gasteiger partial charge in [0.2, 0.25) is 11.8 Å². The van der Waals surface area contributed by atoms with Crippen molar-refractivity contribution < 1.29 is 33.8 Å². The number of rotatable bonds is 8. The second-order valence-electron chi connectivity index (χ2n) is 13.4. The van der Waals surface area contributed by atoms with Crippen molar-refractivity contribution in [1.82, 2.24) is 20.5 Å². The molecule has 12 heteroatoms. The van der Waals surface area contributed by atoms with Crippen molar-refractivity contribution in [3.63, 3.8) is 0 Å². The van der Waals surface area contributed by atoms with Crippen LogP contribution in [0.4, 0.5) is 4.39 Å². The molecule has 2 unspecified atom stereocenters. The quantitative estimate of drug-likeness (QED) is 0.312. The molecule has 1 saturated heterocycles. The van der Waals surface area contributed by atoms with Gasteiger partial charge in [-0.2, -0.15) is 0 Å². The number of nitrogens with one attached hydrogen (secondary N) is 2. The molecule has 4 N–H and O–H groups in total. The van der Waals surface area contributed by atoms with E-state index >= 15 is 0 Å². The molecule has 2 heterocycles. The highest BCUT2D eigenvalue weighted by Gasteiger charge is 2.53. The number of halogens is 1. The maximum Gasteiger partial charge on any atom is 0.306 e. The molecule has 0 bridgehead atoms. The number of amides is 3. The van der Waals surface area contributed by atoms with Crippen LogP contribution < -0.4 is 10.6 Å². The minimum absolute atomic E-state index is 0.0289. The van der Waals surface area contributed by atoms with Crippen LogP contribution in [-0.2, 0) is 25.7 Å². The zero-order valence-electron chi connectivity index (χ0n) is 26.5. The van der Waals surface area contributed by atoms with E-state index in [1.807, 2.05) is 13.0 Å². The van der Waals surface area contributed by atoms with Crippen molar-refractivity contribution in [2.75, 3.05) is 6.54 Å². The molecule has 3 aliphatic rings. The summed E-state index contributed by atoms with van der Waals surface area (Å²) < 4.78 is 14.3. The van der Waals surface area contributed by atoms with Gasteiger partial charge < -0.3 is 25.7 Å². The van der Waals surface area contributed by atoms with E-state index in [9.17, 15) is 28.7 Å². The van der Waals surface area contributed by atoms with Crippen LogP contribution in [0.25, 0.3) is 10.4 Å². The van der Waals surface area contributed by atoms with Crippen LogP contribution in [0.5, 0.6) is 5.75 Å². The third kappa shape index (κ3) is 8.59. The van der Waals surface area contributed by atoms with Crippen molar-refractivity contribution >= 4 is 35.0 Å². The average molecular weight is 645 g/mol. The molecule has 3 amide bonds. The maximum atomic E-state index is 14.3. The first-order chi connectivity index (χ1) is 21.2. The largest absolute Gasteiger partial charge is 0.508 e. The van der Waals surface area contributed by atoms with Gasteiger partial charge in [-0.25, -0.2) is 9.37 Å². The summed E-state index contributed by atoms with van der Waals surface area (Å²) in [7, 11) is 0. The number of aromatic nitrogens is 1. The molecule has 1 aliphatic heterocycles. The lowest BCUT2D eigenvalue weighted by atomic mass is 9.85. The van der Waals surface area contributed by atoms with E-state index < -0.39 is 35.0 Å². The molecule has 2 aromatic rings. The molecule has 1 aromatic carbocycles. The first kappa shape index (κ1) is 34.3. The van der Waals surface area contributed by atoms with E-state index in [-0.39, 0.29) is 42.9 Å². The van der Waals surface area contributed by atoms with Gasteiger partial charge in [0.15, 0.2) is 5.67 Å². The number of hydrogen-bond acceptors (Lipinski definition) is 7. The van der Waals surface area contributed by atoms with Gasteiger partial charge in [0, 0.05) is 18.7 Å². The number of phenolic OH excluding ortho intramolecular Hbond substituents is 1. The lowest BCUT2D eigenvalue weighted by Gasteiger charge is -2.35. The number of carbonyl (C=O) groups is 4. The summed E-state index contributed by atoms with van der Waals surface area (Å²) in [6.45, 7) is 7.81. The van der Waals surface area contributed by atoms with Gasteiger partial charge in [0.25, 0.3) is 5.91 Å². The molecule has 2 saturated carbocycles. The van der Waals surface area contributed by atoms with E-state index in [1.165, 1.54) is 22.7 Å².